The van der Waals surface area contributed by atoms with E-state index in [1.165, 1.54) is 7.11 Å². The summed E-state index contributed by atoms with van der Waals surface area (Å²) in [5.41, 5.74) is 4.03. The van der Waals surface area contributed by atoms with Crippen molar-refractivity contribution in [3.05, 3.63) is 96.1 Å². The van der Waals surface area contributed by atoms with Crippen molar-refractivity contribution in [2.75, 3.05) is 7.11 Å². The molecule has 3 heteroatoms. The molecule has 0 aromatic heterocycles. The monoisotopic (exact) mass is 332 g/mol. The van der Waals surface area contributed by atoms with Crippen molar-refractivity contribution < 1.29 is 14.3 Å². The molecule has 0 aliphatic carbocycles. The van der Waals surface area contributed by atoms with E-state index in [1.807, 2.05) is 66.7 Å². The van der Waals surface area contributed by atoms with Crippen LogP contribution in [0.15, 0.2) is 84.9 Å². The Bertz CT molecular complexity index is 813. The fourth-order valence-corrected chi connectivity index (χ4v) is 2.75. The summed E-state index contributed by atoms with van der Waals surface area (Å²) in [5.74, 6) is -0.400. The number of esters is 1. The van der Waals surface area contributed by atoms with Crippen molar-refractivity contribution in [1.82, 2.24) is 0 Å². The van der Waals surface area contributed by atoms with Crippen LogP contribution in [0, 0.1) is 0 Å². The van der Waals surface area contributed by atoms with Gasteiger partial charge in [-0.15, -0.1) is 0 Å². The molecule has 3 rings (SSSR count). The maximum absolute atomic E-state index is 12.1. The topological polar surface area (TPSA) is 35.5 Å². The lowest BCUT2D eigenvalue weighted by Gasteiger charge is -2.17. The number of rotatable bonds is 6. The van der Waals surface area contributed by atoms with E-state index >= 15 is 0 Å². The van der Waals surface area contributed by atoms with Crippen LogP contribution in [0.25, 0.3) is 11.1 Å². The van der Waals surface area contributed by atoms with E-state index in [9.17, 15) is 4.79 Å². The molecule has 0 saturated heterocycles. The Morgan fingerprint density at radius 2 is 1.44 bits per heavy atom. The van der Waals surface area contributed by atoms with E-state index in [0.717, 1.165) is 22.3 Å². The van der Waals surface area contributed by atoms with Crippen molar-refractivity contribution in [1.29, 1.82) is 0 Å². The van der Waals surface area contributed by atoms with E-state index < -0.39 is 12.1 Å². The third kappa shape index (κ3) is 4.14. The first-order valence-electron chi connectivity index (χ1n) is 8.17. The highest BCUT2D eigenvalue weighted by atomic mass is 16.6. The molecule has 126 valence electrons. The lowest BCUT2D eigenvalue weighted by molar-refractivity contribution is -0.155. The summed E-state index contributed by atoms with van der Waals surface area (Å²) in [6, 6.07) is 27.6. The van der Waals surface area contributed by atoms with E-state index in [2.05, 4.69) is 18.2 Å². The Morgan fingerprint density at radius 1 is 0.840 bits per heavy atom. The molecule has 0 N–H and O–H groups in total. The summed E-state index contributed by atoms with van der Waals surface area (Å²) in [6.07, 6.45) is -0.741. The molecule has 0 heterocycles. The quantitative estimate of drug-likeness (QED) is 0.609. The lowest BCUT2D eigenvalue weighted by Crippen LogP contribution is -2.17. The van der Waals surface area contributed by atoms with Gasteiger partial charge in [0, 0.05) is 0 Å². The van der Waals surface area contributed by atoms with Gasteiger partial charge >= 0.3 is 5.97 Å². The summed E-state index contributed by atoms with van der Waals surface area (Å²) in [7, 11) is 1.37. The normalized spacial score (nSPS) is 11.7. The van der Waals surface area contributed by atoms with Gasteiger partial charge in [-0.05, 0) is 22.3 Å². The zero-order valence-corrected chi connectivity index (χ0v) is 14.1. The Hall–Kier alpha value is -2.91. The number of hydrogen-bond acceptors (Lipinski definition) is 3. The molecule has 3 nitrogen and oxygen atoms in total. The fourth-order valence-electron chi connectivity index (χ4n) is 2.75. The van der Waals surface area contributed by atoms with Crippen molar-refractivity contribution in [2.24, 2.45) is 0 Å². The summed E-state index contributed by atoms with van der Waals surface area (Å²) in [6.45, 7) is 0.319. The second kappa shape index (κ2) is 8.27. The highest BCUT2D eigenvalue weighted by Gasteiger charge is 2.22. The van der Waals surface area contributed by atoms with Gasteiger partial charge in [0.2, 0.25) is 0 Å². The number of ether oxygens (including phenoxy) is 2. The number of benzene rings is 3. The summed E-state index contributed by atoms with van der Waals surface area (Å²) >= 11 is 0. The van der Waals surface area contributed by atoms with Crippen LogP contribution in [0.2, 0.25) is 0 Å². The average Bonchev–Trinajstić information content (AvgIpc) is 2.69. The molecule has 3 aromatic rings. The van der Waals surface area contributed by atoms with Crippen LogP contribution in [0.1, 0.15) is 17.2 Å². The molecule has 0 spiro atoms. The van der Waals surface area contributed by atoms with Crippen molar-refractivity contribution >= 4 is 5.97 Å². The number of carbonyl (C=O) groups excluding carboxylic acids is 1. The second-order valence-corrected chi connectivity index (χ2v) is 5.65. The second-order valence-electron chi connectivity index (χ2n) is 5.65. The van der Waals surface area contributed by atoms with Gasteiger partial charge in [-0.2, -0.15) is 0 Å². The number of hydrogen-bond donors (Lipinski definition) is 0. The molecule has 1 unspecified atom stereocenters. The minimum Gasteiger partial charge on any atom is -0.467 e. The largest absolute Gasteiger partial charge is 0.467 e. The first-order chi connectivity index (χ1) is 12.3. The molecule has 1 atom stereocenters. The fraction of sp³-hybridized carbons (Fsp3) is 0.136. The van der Waals surface area contributed by atoms with Gasteiger partial charge in [-0.25, -0.2) is 4.79 Å². The summed E-state index contributed by atoms with van der Waals surface area (Å²) < 4.78 is 10.9. The molecular formula is C22H20O3. The lowest BCUT2D eigenvalue weighted by atomic mass is 10.0. The van der Waals surface area contributed by atoms with Gasteiger partial charge in [0.25, 0.3) is 0 Å². The highest BCUT2D eigenvalue weighted by molar-refractivity contribution is 5.76. The molecule has 3 aromatic carbocycles. The van der Waals surface area contributed by atoms with Crippen molar-refractivity contribution in [2.45, 2.75) is 12.7 Å². The Morgan fingerprint density at radius 3 is 2.12 bits per heavy atom. The standard InChI is InChI=1S/C22H20O3/c1-24-22(23)21(18-12-6-3-7-13-18)25-16-19-14-8-9-15-20(19)17-10-4-2-5-11-17/h2-15,21H,16H2,1H3. The first-order valence-corrected chi connectivity index (χ1v) is 8.17. The summed E-state index contributed by atoms with van der Waals surface area (Å²) in [4.78, 5) is 12.1. The first kappa shape index (κ1) is 16.9. The Kier molecular flexibility index (Phi) is 5.60. The van der Waals surface area contributed by atoms with Crippen molar-refractivity contribution in [3.8, 4) is 11.1 Å². The van der Waals surface area contributed by atoms with E-state index in [4.69, 9.17) is 9.47 Å². The molecule has 0 amide bonds. The number of carbonyl (C=O) groups is 1. The zero-order valence-electron chi connectivity index (χ0n) is 14.1. The van der Waals surface area contributed by atoms with Gasteiger partial charge in [-0.3, -0.25) is 0 Å². The molecule has 0 radical (unpaired) electrons. The molecule has 0 saturated carbocycles. The van der Waals surface area contributed by atoms with Crippen LogP contribution >= 0.6 is 0 Å². The van der Waals surface area contributed by atoms with E-state index in [1.54, 1.807) is 0 Å². The third-order valence-corrected chi connectivity index (χ3v) is 4.03. The molecule has 0 aliphatic heterocycles. The zero-order chi connectivity index (χ0) is 17.5. The smallest absolute Gasteiger partial charge is 0.339 e. The Labute approximate surface area is 147 Å². The molecule has 25 heavy (non-hydrogen) atoms. The molecular weight excluding hydrogens is 312 g/mol. The SMILES string of the molecule is COC(=O)C(OCc1ccccc1-c1ccccc1)c1ccccc1. The van der Waals surface area contributed by atoms with E-state index in [-0.39, 0.29) is 0 Å². The van der Waals surface area contributed by atoms with Gasteiger partial charge in [0.1, 0.15) is 0 Å². The minimum atomic E-state index is -0.741. The summed E-state index contributed by atoms with van der Waals surface area (Å²) in [5, 5.41) is 0. The van der Waals surface area contributed by atoms with Crippen LogP contribution in [-0.4, -0.2) is 13.1 Å². The van der Waals surface area contributed by atoms with Gasteiger partial charge in [-0.1, -0.05) is 84.9 Å². The molecule has 0 aliphatic rings. The molecule has 0 bridgehead atoms. The predicted octanol–water partition coefficient (Wildman–Crippen LogP) is 4.78. The predicted molar refractivity (Wildman–Crippen MR) is 97.9 cm³/mol. The third-order valence-electron chi connectivity index (χ3n) is 4.03. The van der Waals surface area contributed by atoms with Crippen LogP contribution < -0.4 is 0 Å². The van der Waals surface area contributed by atoms with Gasteiger partial charge in [0.15, 0.2) is 6.10 Å². The Balaban J connectivity index is 1.84. The van der Waals surface area contributed by atoms with Crippen LogP contribution in [-0.2, 0) is 20.9 Å². The molecule has 0 fully saturated rings. The minimum absolute atomic E-state index is 0.319. The van der Waals surface area contributed by atoms with Crippen LogP contribution in [0.5, 0.6) is 0 Å². The number of methoxy groups -OCH3 is 1. The van der Waals surface area contributed by atoms with Crippen molar-refractivity contribution in [3.63, 3.8) is 0 Å². The van der Waals surface area contributed by atoms with Crippen LogP contribution in [0.4, 0.5) is 0 Å². The maximum atomic E-state index is 12.1. The maximum Gasteiger partial charge on any atom is 0.339 e. The van der Waals surface area contributed by atoms with Gasteiger partial charge < -0.3 is 9.47 Å². The highest BCUT2D eigenvalue weighted by Crippen LogP contribution is 2.27. The van der Waals surface area contributed by atoms with E-state index in [0.29, 0.717) is 6.61 Å². The average molecular weight is 332 g/mol. The van der Waals surface area contributed by atoms with Gasteiger partial charge in [0.05, 0.1) is 13.7 Å². The van der Waals surface area contributed by atoms with Crippen LogP contribution in [0.3, 0.4) is 0 Å².